The molecule has 0 bridgehead atoms. The predicted octanol–water partition coefficient (Wildman–Crippen LogP) is 8.44. The number of nitro benzene ring substituents is 2. The van der Waals surface area contributed by atoms with Crippen molar-refractivity contribution in [3.63, 3.8) is 0 Å². The molecule has 1 heterocycles. The fourth-order valence-corrected chi connectivity index (χ4v) is 8.44. The lowest BCUT2D eigenvalue weighted by Gasteiger charge is -2.53. The van der Waals surface area contributed by atoms with Crippen LogP contribution in [0, 0.1) is 55.2 Å². The van der Waals surface area contributed by atoms with Crippen LogP contribution in [0.3, 0.4) is 0 Å². The number of hydrazone groups is 1. The van der Waals surface area contributed by atoms with Crippen molar-refractivity contribution in [3.05, 3.63) is 38.4 Å². The number of hydrogen-bond acceptors (Lipinski definition) is 8. The van der Waals surface area contributed by atoms with Crippen molar-refractivity contribution in [3.8, 4) is 0 Å². The minimum atomic E-state index is -0.652. The molecule has 0 amide bonds. The van der Waals surface area contributed by atoms with Gasteiger partial charge in [-0.3, -0.25) is 30.4 Å². The van der Waals surface area contributed by atoms with Gasteiger partial charge in [0.05, 0.1) is 15.9 Å². The number of nitrogens with one attached hydrogen (secondary N) is 1. The third-order valence-corrected chi connectivity index (χ3v) is 10.7. The largest absolute Gasteiger partial charge is 0.459 e. The highest BCUT2D eigenvalue weighted by Crippen LogP contribution is 2.62. The molecule has 10 heteroatoms. The van der Waals surface area contributed by atoms with Gasteiger partial charge in [-0.05, 0) is 99.9 Å². The van der Waals surface area contributed by atoms with E-state index in [2.05, 4.69) is 38.2 Å². The molecule has 1 aromatic carbocycles. The van der Waals surface area contributed by atoms with E-state index in [4.69, 9.17) is 4.74 Å². The number of carbonyl (C=O) groups excluding carboxylic acids is 1. The Bertz CT molecular complexity index is 1170. The van der Waals surface area contributed by atoms with Crippen molar-refractivity contribution in [2.24, 2.45) is 40.1 Å². The Labute approximate surface area is 249 Å². The molecule has 2 saturated carbocycles. The Hall–Kier alpha value is -3.04. The van der Waals surface area contributed by atoms with Crippen molar-refractivity contribution in [1.82, 2.24) is 0 Å². The van der Waals surface area contributed by atoms with E-state index in [1.807, 2.05) is 0 Å². The van der Waals surface area contributed by atoms with Crippen LogP contribution >= 0.6 is 0 Å². The van der Waals surface area contributed by atoms with E-state index in [-0.39, 0.29) is 34.6 Å². The number of nitrogens with zero attached hydrogens (tertiary/aromatic N) is 3. The number of non-ortho nitro benzene ring substituents is 1. The number of rotatable bonds is 12. The van der Waals surface area contributed by atoms with Crippen molar-refractivity contribution in [2.45, 2.75) is 117 Å². The maximum absolute atomic E-state index is 12.6. The minimum Gasteiger partial charge on any atom is -0.459 e. The van der Waals surface area contributed by atoms with Crippen molar-refractivity contribution in [2.75, 3.05) is 5.43 Å². The minimum absolute atomic E-state index is 0.0997. The van der Waals surface area contributed by atoms with Gasteiger partial charge in [0.15, 0.2) is 0 Å². The van der Waals surface area contributed by atoms with E-state index >= 15 is 0 Å². The summed E-state index contributed by atoms with van der Waals surface area (Å²) in [6, 6.07) is 3.50. The number of ether oxygens (including phenoxy) is 1. The van der Waals surface area contributed by atoms with Gasteiger partial charge in [0, 0.05) is 24.6 Å². The number of unbranched alkanes of at least 4 members (excludes halogenated alkanes) is 1. The van der Waals surface area contributed by atoms with E-state index in [9.17, 15) is 25.0 Å². The molecule has 1 aromatic rings. The van der Waals surface area contributed by atoms with Gasteiger partial charge in [-0.25, -0.2) is 0 Å². The fraction of sp³-hybridized carbons (Fsp3) is 0.750. The Morgan fingerprint density at radius 2 is 1.86 bits per heavy atom. The summed E-state index contributed by atoms with van der Waals surface area (Å²) in [6.45, 7) is 9.19. The fourth-order valence-electron chi connectivity index (χ4n) is 8.44. The number of benzene rings is 1. The van der Waals surface area contributed by atoms with Gasteiger partial charge >= 0.3 is 11.7 Å². The number of cyclic esters (lactones) is 1. The summed E-state index contributed by atoms with van der Waals surface area (Å²) in [4.78, 5) is 33.9. The van der Waals surface area contributed by atoms with Crippen LogP contribution in [0.15, 0.2) is 23.3 Å². The summed E-state index contributed by atoms with van der Waals surface area (Å²) >= 11 is 0. The first-order valence-electron chi connectivity index (χ1n) is 15.9. The molecule has 10 nitrogen and oxygen atoms in total. The number of esters is 1. The molecule has 0 aromatic heterocycles. The van der Waals surface area contributed by atoms with Gasteiger partial charge < -0.3 is 4.74 Å². The van der Waals surface area contributed by atoms with Crippen LogP contribution in [0.4, 0.5) is 17.1 Å². The molecule has 2 unspecified atom stereocenters. The normalized spacial score (nSPS) is 31.5. The lowest BCUT2D eigenvalue weighted by Crippen LogP contribution is -2.51. The Kier molecular flexibility index (Phi) is 10.3. The van der Waals surface area contributed by atoms with Crippen LogP contribution in [-0.4, -0.2) is 27.6 Å². The van der Waals surface area contributed by atoms with Gasteiger partial charge in [-0.2, -0.15) is 5.10 Å². The van der Waals surface area contributed by atoms with Crippen molar-refractivity contribution < 1.29 is 19.4 Å². The van der Waals surface area contributed by atoms with Crippen LogP contribution in [0.1, 0.15) is 111 Å². The topological polar surface area (TPSA) is 137 Å². The predicted molar refractivity (Wildman–Crippen MR) is 163 cm³/mol. The highest BCUT2D eigenvalue weighted by molar-refractivity contribution is 5.70. The number of fused-ring (bicyclic) bond motifs is 1. The summed E-state index contributed by atoms with van der Waals surface area (Å²) in [5.74, 6) is 2.32. The van der Waals surface area contributed by atoms with E-state index < -0.39 is 21.1 Å². The SMILES string of the molecule is CC(C)CCCC[C@H]1CCC2[C@H](C/C=N/Nc3ccc([N+](=O)[O-])cc3[N+](=O)[O-])C([C@@]3(C)CCCCC(=O)O3)CC[C@@]21C. The van der Waals surface area contributed by atoms with Crippen molar-refractivity contribution in [1.29, 1.82) is 0 Å². The van der Waals surface area contributed by atoms with Gasteiger partial charge in [0.1, 0.15) is 11.3 Å². The number of carbonyl (C=O) groups is 1. The molecule has 6 atom stereocenters. The highest BCUT2D eigenvalue weighted by atomic mass is 16.6. The molecule has 3 fully saturated rings. The molecular weight excluding hydrogens is 536 g/mol. The zero-order valence-electron chi connectivity index (χ0n) is 25.7. The van der Waals surface area contributed by atoms with E-state index in [0.29, 0.717) is 24.7 Å². The van der Waals surface area contributed by atoms with Crippen LogP contribution in [0.5, 0.6) is 0 Å². The monoisotopic (exact) mass is 584 g/mol. The first-order chi connectivity index (χ1) is 19.9. The summed E-state index contributed by atoms with van der Waals surface area (Å²) in [7, 11) is 0. The molecule has 232 valence electrons. The molecule has 3 aliphatic rings. The molecule has 0 radical (unpaired) electrons. The van der Waals surface area contributed by atoms with Gasteiger partial charge in [0.25, 0.3) is 5.69 Å². The molecule has 1 N–H and O–H groups in total. The van der Waals surface area contributed by atoms with E-state index in [0.717, 1.165) is 50.5 Å². The molecule has 1 aliphatic heterocycles. The zero-order valence-corrected chi connectivity index (χ0v) is 25.7. The third kappa shape index (κ3) is 7.11. The van der Waals surface area contributed by atoms with E-state index in [1.54, 1.807) is 6.21 Å². The van der Waals surface area contributed by atoms with E-state index in [1.165, 1.54) is 44.2 Å². The molecule has 0 spiro atoms. The average Bonchev–Trinajstić information content (AvgIpc) is 3.16. The maximum Gasteiger partial charge on any atom is 0.306 e. The molecule has 1 saturated heterocycles. The summed E-state index contributed by atoms with van der Waals surface area (Å²) in [5.41, 5.74) is 1.87. The number of hydrogen-bond donors (Lipinski definition) is 1. The maximum atomic E-state index is 12.6. The average molecular weight is 585 g/mol. The number of nitro groups is 2. The summed E-state index contributed by atoms with van der Waals surface area (Å²) in [6.07, 6.45) is 15.3. The third-order valence-electron chi connectivity index (χ3n) is 10.7. The molecule has 42 heavy (non-hydrogen) atoms. The van der Waals surface area contributed by atoms with Crippen LogP contribution in [-0.2, 0) is 9.53 Å². The van der Waals surface area contributed by atoms with Gasteiger partial charge in [-0.1, -0.05) is 40.0 Å². The first kappa shape index (κ1) is 31.9. The second kappa shape index (κ2) is 13.5. The highest BCUT2D eigenvalue weighted by Gasteiger charge is 2.57. The Balaban J connectivity index is 1.54. The first-order valence-corrected chi connectivity index (χ1v) is 15.9. The lowest BCUT2D eigenvalue weighted by molar-refractivity contribution is -0.393. The smallest absolute Gasteiger partial charge is 0.306 e. The van der Waals surface area contributed by atoms with Crippen LogP contribution in [0.25, 0.3) is 0 Å². The standard InChI is InChI=1S/C32H48N4O6/c1-22(2)9-5-6-10-23-12-14-26-25(17-20-33-34-28-15-13-24(35(38)39)21-29(28)36(40)41)27(16-19-31(23,26)3)32(4)18-8-7-11-30(37)42-32/h13,15,20-23,25-27,34H,5-12,14,16-19H2,1-4H3/b33-20+/t23-,25-,26?,27?,31+,32+/m0/s1. The van der Waals surface area contributed by atoms with Gasteiger partial charge in [0.2, 0.25) is 0 Å². The molecule has 2 aliphatic carbocycles. The zero-order chi connectivity index (χ0) is 30.5. The van der Waals surface area contributed by atoms with Crippen molar-refractivity contribution >= 4 is 29.2 Å². The molecule has 4 rings (SSSR count). The number of anilines is 1. The lowest BCUT2D eigenvalue weighted by atomic mass is 9.54. The van der Waals surface area contributed by atoms with Crippen LogP contribution < -0.4 is 5.43 Å². The summed E-state index contributed by atoms with van der Waals surface area (Å²) < 4.78 is 6.20. The second-order valence-corrected chi connectivity index (χ2v) is 13.7. The quantitative estimate of drug-likeness (QED) is 0.0855. The molecular formula is C32H48N4O6. The van der Waals surface area contributed by atoms with Crippen LogP contribution in [0.2, 0.25) is 0 Å². The van der Waals surface area contributed by atoms with Gasteiger partial charge in [-0.15, -0.1) is 0 Å². The second-order valence-electron chi connectivity index (χ2n) is 13.7. The Morgan fingerprint density at radius 1 is 1.07 bits per heavy atom. The Morgan fingerprint density at radius 3 is 2.57 bits per heavy atom. The summed E-state index contributed by atoms with van der Waals surface area (Å²) in [5, 5.41) is 27.0.